The number of carboxylic acid groups (broad SMARTS) is 1. The van der Waals surface area contributed by atoms with Crippen LogP contribution in [-0.4, -0.2) is 120 Å². The maximum atomic E-state index is 13.3. The highest BCUT2D eigenvalue weighted by atomic mass is 16.5. The molecule has 0 aliphatic carbocycles. The van der Waals surface area contributed by atoms with Crippen molar-refractivity contribution >= 4 is 46.7 Å². The van der Waals surface area contributed by atoms with Crippen LogP contribution in [0.25, 0.3) is 0 Å². The summed E-state index contributed by atoms with van der Waals surface area (Å²) in [7, 11) is 0. The molecule has 1 heterocycles. The average molecular weight is 961 g/mol. The molecule has 1 aromatic heterocycles. The van der Waals surface area contributed by atoms with Crippen LogP contribution in [0.3, 0.4) is 0 Å². The minimum Gasteiger partial charge on any atom is -0.481 e. The summed E-state index contributed by atoms with van der Waals surface area (Å²) in [5.41, 5.74) is 5.87. The lowest BCUT2D eigenvalue weighted by Gasteiger charge is -2.25. The molecule has 0 unspecified atom stereocenters. The van der Waals surface area contributed by atoms with E-state index in [1.165, 1.54) is 77.5 Å². The molecule has 0 fully saturated rings. The zero-order valence-corrected chi connectivity index (χ0v) is 42.1. The van der Waals surface area contributed by atoms with Crippen LogP contribution in [0.5, 0.6) is 0 Å². The van der Waals surface area contributed by atoms with Gasteiger partial charge in [-0.3, -0.25) is 38.4 Å². The number of aromatic nitrogens is 2. The number of aromatic amines is 1. The first-order valence-corrected chi connectivity index (χ1v) is 25.5. The third-order valence-electron chi connectivity index (χ3n) is 12.2. The van der Waals surface area contributed by atoms with Gasteiger partial charge in [-0.05, 0) is 39.0 Å². The highest BCUT2D eigenvalue weighted by Gasteiger charge is 2.33. The molecule has 0 aliphatic heterocycles. The number of H-pyrrole nitrogens is 1. The third-order valence-corrected chi connectivity index (χ3v) is 12.2. The van der Waals surface area contributed by atoms with E-state index in [1.807, 2.05) is 0 Å². The Hall–Kier alpha value is -4.19. The number of carbonyl (C=O) groups excluding carboxylic acids is 7. The lowest BCUT2D eigenvalue weighted by atomic mass is 9.78. The van der Waals surface area contributed by atoms with Gasteiger partial charge in [0.2, 0.25) is 11.8 Å². The normalized spacial score (nSPS) is 12.8. The third kappa shape index (κ3) is 32.5. The quantitative estimate of drug-likeness (QED) is 0.0390. The second-order valence-corrected chi connectivity index (χ2v) is 19.0. The molecule has 0 spiro atoms. The topological polar surface area (TPSA) is 266 Å². The van der Waals surface area contributed by atoms with Crippen LogP contribution in [0.4, 0.5) is 0 Å². The Morgan fingerprint density at radius 2 is 1.32 bits per heavy atom. The first-order chi connectivity index (χ1) is 32.5. The van der Waals surface area contributed by atoms with Gasteiger partial charge in [-0.2, -0.15) is 0 Å². The monoisotopic (exact) mass is 961 g/mol. The summed E-state index contributed by atoms with van der Waals surface area (Å²) >= 11 is 0. The number of carbonyl (C=O) groups is 8. The summed E-state index contributed by atoms with van der Waals surface area (Å²) in [4.78, 5) is 106. The molecule has 0 saturated heterocycles. The molecule has 1 aromatic rings. The zero-order chi connectivity index (χ0) is 50.4. The van der Waals surface area contributed by atoms with Crippen molar-refractivity contribution in [3.05, 3.63) is 18.2 Å². The van der Waals surface area contributed by atoms with Gasteiger partial charge in [0, 0.05) is 74.8 Å². The SMILES string of the molecule is CCCCCCCCCCCCCCCC(=O)C[C@@H](CCC(=O)NCCOCCOCC(=O)NCCCC[C@H](CCC(=O)C(C)(C)CC(=O)[C@@H](N)Cc1cnc[nH]1)C(=O)CNCC(C)=O)C(=O)O. The molecule has 7 N–H and O–H groups in total. The van der Waals surface area contributed by atoms with Crippen LogP contribution < -0.4 is 21.7 Å². The summed E-state index contributed by atoms with van der Waals surface area (Å²) in [6, 6.07) is -0.780. The molecule has 1 rings (SSSR count). The number of carboxylic acids is 1. The molecule has 0 saturated carbocycles. The number of aliphatic carboxylic acids is 1. The van der Waals surface area contributed by atoms with E-state index < -0.39 is 29.3 Å². The van der Waals surface area contributed by atoms with E-state index in [4.69, 9.17) is 15.2 Å². The average Bonchev–Trinajstić information content (AvgIpc) is 3.80. The fraction of sp³-hybridized carbons (Fsp3) is 0.784. The van der Waals surface area contributed by atoms with Gasteiger partial charge >= 0.3 is 5.97 Å². The molecule has 0 aromatic carbocycles. The molecule has 3 atom stereocenters. The van der Waals surface area contributed by atoms with Crippen LogP contribution in [0.15, 0.2) is 12.5 Å². The van der Waals surface area contributed by atoms with Crippen LogP contribution in [0, 0.1) is 17.3 Å². The summed E-state index contributed by atoms with van der Waals surface area (Å²) in [6.45, 7) is 8.07. The number of unbranched alkanes of at least 4 members (excludes halogenated alkanes) is 13. The first kappa shape index (κ1) is 61.8. The highest BCUT2D eigenvalue weighted by molar-refractivity contribution is 5.93. The summed E-state index contributed by atoms with van der Waals surface area (Å²) in [6.07, 6.45) is 21.6. The second kappa shape index (κ2) is 38.6. The van der Waals surface area contributed by atoms with Crippen LogP contribution in [-0.2, 0) is 54.3 Å². The Morgan fingerprint density at radius 1 is 0.706 bits per heavy atom. The number of Topliss-reactive ketones (excluding diaryl/α,β-unsaturated/α-hetero) is 5. The number of nitrogens with two attached hydrogens (primary N) is 1. The van der Waals surface area contributed by atoms with E-state index in [0.717, 1.165) is 25.0 Å². The van der Waals surface area contributed by atoms with Crippen molar-refractivity contribution in [3.8, 4) is 0 Å². The van der Waals surface area contributed by atoms with E-state index >= 15 is 0 Å². The van der Waals surface area contributed by atoms with Crippen LogP contribution in [0.2, 0.25) is 0 Å². The number of nitrogens with zero attached hydrogens (tertiary/aromatic N) is 1. The molecular weight excluding hydrogens is 873 g/mol. The van der Waals surface area contributed by atoms with Crippen LogP contribution >= 0.6 is 0 Å². The molecule has 0 radical (unpaired) electrons. The minimum absolute atomic E-state index is 0.00542. The number of amides is 2. The number of ketones is 5. The van der Waals surface area contributed by atoms with Gasteiger partial charge in [0.15, 0.2) is 5.78 Å². The van der Waals surface area contributed by atoms with Crippen molar-refractivity contribution in [2.75, 3.05) is 52.6 Å². The highest BCUT2D eigenvalue weighted by Crippen LogP contribution is 2.28. The fourth-order valence-electron chi connectivity index (χ4n) is 7.89. The molecular formula is C51H88N6O11. The van der Waals surface area contributed by atoms with Gasteiger partial charge in [0.1, 0.15) is 29.7 Å². The molecule has 17 heteroatoms. The number of hydrogen-bond donors (Lipinski definition) is 6. The maximum absolute atomic E-state index is 13.3. The Labute approximate surface area is 406 Å². The predicted molar refractivity (Wildman–Crippen MR) is 262 cm³/mol. The predicted octanol–water partition coefficient (Wildman–Crippen LogP) is 6.34. The Kier molecular flexibility index (Phi) is 35.1. The largest absolute Gasteiger partial charge is 0.481 e. The van der Waals surface area contributed by atoms with Crippen molar-refractivity contribution in [1.82, 2.24) is 25.9 Å². The maximum Gasteiger partial charge on any atom is 0.306 e. The van der Waals surface area contributed by atoms with Crippen LogP contribution in [0.1, 0.15) is 181 Å². The number of nitrogens with one attached hydrogen (secondary N) is 4. The van der Waals surface area contributed by atoms with E-state index in [-0.39, 0.29) is 125 Å². The molecule has 0 aliphatic rings. The zero-order valence-electron chi connectivity index (χ0n) is 42.1. The van der Waals surface area contributed by atoms with Crippen molar-refractivity contribution < 1.29 is 52.9 Å². The Bertz CT molecular complexity index is 1600. The van der Waals surface area contributed by atoms with Gasteiger partial charge in [-0.1, -0.05) is 104 Å². The first-order valence-electron chi connectivity index (χ1n) is 25.5. The summed E-state index contributed by atoms with van der Waals surface area (Å²) in [5, 5.41) is 18.0. The number of imidazole rings is 1. The molecule has 0 bridgehead atoms. The fourth-order valence-corrected chi connectivity index (χ4v) is 7.89. The lowest BCUT2D eigenvalue weighted by Crippen LogP contribution is -2.38. The Balaban J connectivity index is 2.22. The van der Waals surface area contributed by atoms with E-state index in [2.05, 4.69) is 32.8 Å². The summed E-state index contributed by atoms with van der Waals surface area (Å²) in [5.74, 6) is -3.69. The minimum atomic E-state index is -1.07. The van der Waals surface area contributed by atoms with Crippen molar-refractivity contribution in [3.63, 3.8) is 0 Å². The van der Waals surface area contributed by atoms with Gasteiger partial charge in [0.25, 0.3) is 0 Å². The summed E-state index contributed by atoms with van der Waals surface area (Å²) < 4.78 is 10.9. The standard InChI is InChI=1S/C51H88N6O11/c1-5-6-7-8-9-10-11-12-13-14-15-16-17-21-43(59)31-41(50(65)66)23-25-48(63)56-27-28-67-29-30-68-37-49(64)55-26-19-18-20-40(46(61)36-53-34-39(2)58)22-24-47(62)51(3,4)33-45(60)44(52)32-42-35-54-38-57-42/h35,38,40-41,44,53H,5-34,36-37,52H2,1-4H3,(H,54,57)(H,55,64)(H,56,63)(H,65,66)/t40-,41-,44+/m1/s1. The number of rotatable bonds is 47. The Morgan fingerprint density at radius 3 is 1.94 bits per heavy atom. The second-order valence-electron chi connectivity index (χ2n) is 19.0. The molecule has 388 valence electrons. The number of ether oxygens (including phenoxy) is 2. The van der Waals surface area contributed by atoms with Crippen molar-refractivity contribution in [2.45, 2.75) is 188 Å². The van der Waals surface area contributed by atoms with E-state index in [9.17, 15) is 43.5 Å². The molecule has 68 heavy (non-hydrogen) atoms. The smallest absolute Gasteiger partial charge is 0.306 e. The molecule has 2 amide bonds. The van der Waals surface area contributed by atoms with E-state index in [1.54, 1.807) is 20.0 Å². The van der Waals surface area contributed by atoms with Gasteiger partial charge < -0.3 is 41.2 Å². The van der Waals surface area contributed by atoms with Gasteiger partial charge in [-0.25, -0.2) is 4.98 Å². The lowest BCUT2D eigenvalue weighted by molar-refractivity contribution is -0.144. The molecule has 17 nitrogen and oxygen atoms in total. The van der Waals surface area contributed by atoms with Crippen molar-refractivity contribution in [1.29, 1.82) is 0 Å². The van der Waals surface area contributed by atoms with Gasteiger partial charge in [0.05, 0.1) is 51.2 Å². The van der Waals surface area contributed by atoms with Crippen molar-refractivity contribution in [2.24, 2.45) is 23.0 Å². The number of hydrogen-bond acceptors (Lipinski definition) is 13. The van der Waals surface area contributed by atoms with Gasteiger partial charge in [-0.15, -0.1) is 0 Å². The van der Waals surface area contributed by atoms with E-state index in [0.29, 0.717) is 38.6 Å².